The van der Waals surface area contributed by atoms with E-state index in [2.05, 4.69) is 21.6 Å². The van der Waals surface area contributed by atoms with Gasteiger partial charge in [-0.25, -0.2) is 0 Å². The van der Waals surface area contributed by atoms with Crippen LogP contribution in [0, 0.1) is 4.77 Å². The molecule has 2 aromatic heterocycles. The third-order valence-corrected chi connectivity index (χ3v) is 5.39. The van der Waals surface area contributed by atoms with E-state index in [0.717, 1.165) is 23.7 Å². The summed E-state index contributed by atoms with van der Waals surface area (Å²) in [6.45, 7) is 1.26. The fraction of sp³-hybridized carbons (Fsp3) is 0.471. The van der Waals surface area contributed by atoms with Gasteiger partial charge in [-0.2, -0.15) is 5.10 Å². The molecule has 0 saturated carbocycles. The van der Waals surface area contributed by atoms with Gasteiger partial charge in [0.15, 0.2) is 10.6 Å². The Kier molecular flexibility index (Phi) is 5.98. The SMILES string of the molecule is O=C(CCn1c(-c2cccs2)n[nH]c1=S)NCCC1=CCCCC1. The Morgan fingerprint density at radius 3 is 3.12 bits per heavy atom. The molecule has 5 nitrogen and oxygen atoms in total. The van der Waals surface area contributed by atoms with Crippen molar-refractivity contribution in [3.63, 3.8) is 0 Å². The standard InChI is InChI=1S/C17H22N4OS2/c22-15(18-10-8-13-5-2-1-3-6-13)9-11-21-16(19-20-17(21)23)14-7-4-12-24-14/h4-5,7,12H,1-3,6,8-11H2,(H,18,22)(H,20,23). The van der Waals surface area contributed by atoms with Crippen molar-refractivity contribution in [2.45, 2.75) is 45.1 Å². The van der Waals surface area contributed by atoms with E-state index in [1.54, 1.807) is 11.3 Å². The molecule has 0 aliphatic heterocycles. The quantitative estimate of drug-likeness (QED) is 0.576. The summed E-state index contributed by atoms with van der Waals surface area (Å²) in [6, 6.07) is 3.98. The lowest BCUT2D eigenvalue weighted by Gasteiger charge is -2.13. The van der Waals surface area contributed by atoms with Gasteiger partial charge in [-0.3, -0.25) is 14.5 Å². The van der Waals surface area contributed by atoms with Gasteiger partial charge < -0.3 is 5.32 Å². The van der Waals surface area contributed by atoms with E-state index in [9.17, 15) is 4.79 Å². The Hall–Kier alpha value is -1.73. The second-order valence-corrected chi connectivity index (χ2v) is 7.27. The number of amides is 1. The van der Waals surface area contributed by atoms with Crippen LogP contribution in [0.2, 0.25) is 0 Å². The first-order valence-electron chi connectivity index (χ1n) is 8.38. The normalized spacial score (nSPS) is 14.4. The van der Waals surface area contributed by atoms with E-state index in [-0.39, 0.29) is 5.91 Å². The first-order chi connectivity index (χ1) is 11.7. The fourth-order valence-electron chi connectivity index (χ4n) is 2.91. The maximum absolute atomic E-state index is 12.1. The molecular formula is C17H22N4OS2. The maximum atomic E-state index is 12.1. The predicted octanol–water partition coefficient (Wildman–Crippen LogP) is 4.07. The van der Waals surface area contributed by atoms with E-state index in [1.165, 1.54) is 31.3 Å². The zero-order valence-corrected chi connectivity index (χ0v) is 15.2. The number of aromatic amines is 1. The summed E-state index contributed by atoms with van der Waals surface area (Å²) in [7, 11) is 0. The van der Waals surface area contributed by atoms with E-state index >= 15 is 0 Å². The third kappa shape index (κ3) is 4.42. The molecule has 0 unspecified atom stereocenters. The largest absolute Gasteiger partial charge is 0.356 e. The second kappa shape index (κ2) is 8.39. The van der Waals surface area contributed by atoms with Gasteiger partial charge in [-0.1, -0.05) is 17.7 Å². The molecule has 0 bridgehead atoms. The number of rotatable bonds is 7. The highest BCUT2D eigenvalue weighted by atomic mass is 32.1. The highest BCUT2D eigenvalue weighted by molar-refractivity contribution is 7.71. The Labute approximate surface area is 150 Å². The van der Waals surface area contributed by atoms with E-state index in [0.29, 0.717) is 17.7 Å². The number of allylic oxidation sites excluding steroid dienone is 1. The van der Waals surface area contributed by atoms with E-state index in [4.69, 9.17) is 12.2 Å². The van der Waals surface area contributed by atoms with Crippen LogP contribution >= 0.6 is 23.6 Å². The summed E-state index contributed by atoms with van der Waals surface area (Å²) in [5.41, 5.74) is 1.48. The maximum Gasteiger partial charge on any atom is 0.221 e. The van der Waals surface area contributed by atoms with Crippen LogP contribution in [-0.4, -0.2) is 27.2 Å². The van der Waals surface area contributed by atoms with Crippen molar-refractivity contribution in [3.8, 4) is 10.7 Å². The first kappa shape index (κ1) is 17.1. The van der Waals surface area contributed by atoms with Crippen LogP contribution in [0.4, 0.5) is 0 Å². The lowest BCUT2D eigenvalue weighted by Crippen LogP contribution is -2.26. The van der Waals surface area contributed by atoms with Crippen LogP contribution in [0.15, 0.2) is 29.2 Å². The monoisotopic (exact) mass is 362 g/mol. The lowest BCUT2D eigenvalue weighted by atomic mass is 9.97. The van der Waals surface area contributed by atoms with Crippen molar-refractivity contribution in [1.29, 1.82) is 0 Å². The van der Waals surface area contributed by atoms with Crippen molar-refractivity contribution >= 4 is 29.5 Å². The van der Waals surface area contributed by atoms with Gasteiger partial charge in [-0.05, 0) is 55.8 Å². The minimum Gasteiger partial charge on any atom is -0.356 e. The number of aromatic nitrogens is 3. The summed E-state index contributed by atoms with van der Waals surface area (Å²) >= 11 is 6.89. The Morgan fingerprint density at radius 2 is 2.38 bits per heavy atom. The predicted molar refractivity (Wildman–Crippen MR) is 99.5 cm³/mol. The Bertz CT molecular complexity index is 758. The molecule has 1 amide bonds. The van der Waals surface area contributed by atoms with Gasteiger partial charge in [0, 0.05) is 19.5 Å². The zero-order chi connectivity index (χ0) is 16.8. The molecule has 0 saturated heterocycles. The summed E-state index contributed by atoms with van der Waals surface area (Å²) < 4.78 is 2.45. The van der Waals surface area contributed by atoms with E-state index < -0.39 is 0 Å². The minimum atomic E-state index is 0.0617. The molecule has 0 spiro atoms. The molecule has 7 heteroatoms. The van der Waals surface area contributed by atoms with Gasteiger partial charge in [0.05, 0.1) is 4.88 Å². The molecule has 0 radical (unpaired) electrons. The summed E-state index contributed by atoms with van der Waals surface area (Å²) in [4.78, 5) is 13.1. The average molecular weight is 363 g/mol. The highest BCUT2D eigenvalue weighted by Crippen LogP contribution is 2.23. The van der Waals surface area contributed by atoms with Crippen LogP contribution in [-0.2, 0) is 11.3 Å². The molecule has 3 rings (SSSR count). The van der Waals surface area contributed by atoms with Crippen LogP contribution in [0.3, 0.4) is 0 Å². The summed E-state index contributed by atoms with van der Waals surface area (Å²) in [5.74, 6) is 0.863. The number of carbonyl (C=O) groups is 1. The van der Waals surface area contributed by atoms with Gasteiger partial charge in [-0.15, -0.1) is 11.3 Å². The van der Waals surface area contributed by atoms with Gasteiger partial charge in [0.25, 0.3) is 0 Å². The fourth-order valence-corrected chi connectivity index (χ4v) is 3.86. The van der Waals surface area contributed by atoms with Crippen molar-refractivity contribution in [2.24, 2.45) is 0 Å². The summed E-state index contributed by atoms with van der Waals surface area (Å²) in [5, 5.41) is 12.1. The number of hydrogen-bond donors (Lipinski definition) is 2. The van der Waals surface area contributed by atoms with Gasteiger partial charge >= 0.3 is 0 Å². The van der Waals surface area contributed by atoms with Crippen molar-refractivity contribution in [1.82, 2.24) is 20.1 Å². The molecule has 1 aliphatic rings. The Balaban J connectivity index is 1.49. The number of nitrogens with one attached hydrogen (secondary N) is 2. The molecule has 2 aromatic rings. The number of thiophene rings is 1. The van der Waals surface area contributed by atoms with E-state index in [1.807, 2.05) is 22.1 Å². The van der Waals surface area contributed by atoms with Crippen LogP contribution in [0.5, 0.6) is 0 Å². The lowest BCUT2D eigenvalue weighted by molar-refractivity contribution is -0.121. The number of nitrogens with zero attached hydrogens (tertiary/aromatic N) is 2. The zero-order valence-electron chi connectivity index (χ0n) is 13.6. The molecule has 0 fully saturated rings. The smallest absolute Gasteiger partial charge is 0.221 e. The molecule has 1 aliphatic carbocycles. The minimum absolute atomic E-state index is 0.0617. The highest BCUT2D eigenvalue weighted by Gasteiger charge is 2.11. The number of carbonyl (C=O) groups excluding carboxylic acids is 1. The molecule has 0 aromatic carbocycles. The third-order valence-electron chi connectivity index (χ3n) is 4.22. The average Bonchev–Trinajstić information content (AvgIpc) is 3.23. The number of H-pyrrole nitrogens is 1. The molecule has 2 heterocycles. The van der Waals surface area contributed by atoms with Crippen molar-refractivity contribution in [3.05, 3.63) is 33.9 Å². The van der Waals surface area contributed by atoms with Crippen LogP contribution in [0.1, 0.15) is 38.5 Å². The van der Waals surface area contributed by atoms with Crippen LogP contribution < -0.4 is 5.32 Å². The molecule has 24 heavy (non-hydrogen) atoms. The molecule has 2 N–H and O–H groups in total. The number of hydrogen-bond acceptors (Lipinski definition) is 4. The van der Waals surface area contributed by atoms with Crippen molar-refractivity contribution in [2.75, 3.05) is 6.54 Å². The van der Waals surface area contributed by atoms with Crippen molar-refractivity contribution < 1.29 is 4.79 Å². The topological polar surface area (TPSA) is 62.7 Å². The summed E-state index contributed by atoms with van der Waals surface area (Å²) in [6.07, 6.45) is 8.66. The second-order valence-electron chi connectivity index (χ2n) is 5.94. The first-order valence-corrected chi connectivity index (χ1v) is 9.66. The molecule has 0 atom stereocenters. The Morgan fingerprint density at radius 1 is 1.46 bits per heavy atom. The van der Waals surface area contributed by atoms with Gasteiger partial charge in [0.2, 0.25) is 5.91 Å². The van der Waals surface area contributed by atoms with Gasteiger partial charge in [0.1, 0.15) is 0 Å². The van der Waals surface area contributed by atoms with Crippen LogP contribution in [0.25, 0.3) is 10.7 Å². The molecule has 128 valence electrons. The molecular weight excluding hydrogens is 340 g/mol.